The van der Waals surface area contributed by atoms with Crippen molar-refractivity contribution >= 4 is 11.6 Å². The predicted molar refractivity (Wildman–Crippen MR) is 77.4 cm³/mol. The van der Waals surface area contributed by atoms with Crippen LogP contribution < -0.4 is 0 Å². The molecule has 0 aliphatic carbocycles. The highest BCUT2D eigenvalue weighted by Gasteiger charge is 2.16. The molecule has 0 saturated carbocycles. The van der Waals surface area contributed by atoms with Crippen LogP contribution in [0.3, 0.4) is 0 Å². The van der Waals surface area contributed by atoms with Gasteiger partial charge in [-0.3, -0.25) is 4.90 Å². The van der Waals surface area contributed by atoms with Crippen molar-refractivity contribution in [2.75, 3.05) is 13.2 Å². The van der Waals surface area contributed by atoms with Gasteiger partial charge < -0.3 is 9.63 Å². The molecule has 5 nitrogen and oxygen atoms in total. The normalized spacial score (nSPS) is 11.5. The fourth-order valence-electron chi connectivity index (χ4n) is 1.89. The van der Waals surface area contributed by atoms with Gasteiger partial charge in [0.2, 0.25) is 11.7 Å². The van der Waals surface area contributed by atoms with E-state index in [1.165, 1.54) is 0 Å². The van der Waals surface area contributed by atoms with Gasteiger partial charge >= 0.3 is 0 Å². The Morgan fingerprint density at radius 1 is 1.35 bits per heavy atom. The number of benzene rings is 1. The van der Waals surface area contributed by atoms with Gasteiger partial charge in [0.15, 0.2) is 0 Å². The Labute approximate surface area is 123 Å². The van der Waals surface area contributed by atoms with Crippen LogP contribution >= 0.6 is 11.6 Å². The number of nitrogens with zero attached hydrogens (tertiary/aromatic N) is 3. The van der Waals surface area contributed by atoms with Crippen molar-refractivity contribution in [3.63, 3.8) is 0 Å². The molecule has 0 saturated heterocycles. The van der Waals surface area contributed by atoms with Crippen molar-refractivity contribution in [2.24, 2.45) is 0 Å². The number of hydrogen-bond acceptors (Lipinski definition) is 5. The Balaban J connectivity index is 2.15. The fourth-order valence-corrected chi connectivity index (χ4v) is 2.11. The summed E-state index contributed by atoms with van der Waals surface area (Å²) in [4.78, 5) is 6.42. The van der Waals surface area contributed by atoms with Gasteiger partial charge in [-0.2, -0.15) is 4.98 Å². The average molecular weight is 296 g/mol. The van der Waals surface area contributed by atoms with E-state index in [-0.39, 0.29) is 12.6 Å². The molecule has 0 radical (unpaired) electrons. The fraction of sp³-hybridized carbons (Fsp3) is 0.429. The minimum absolute atomic E-state index is 0.101. The zero-order chi connectivity index (χ0) is 14.5. The molecule has 0 aliphatic rings. The van der Waals surface area contributed by atoms with Gasteiger partial charge in [-0.25, -0.2) is 0 Å². The highest BCUT2D eigenvalue weighted by molar-refractivity contribution is 6.33. The van der Waals surface area contributed by atoms with Gasteiger partial charge in [0.05, 0.1) is 18.2 Å². The second-order valence-corrected chi connectivity index (χ2v) is 5.19. The van der Waals surface area contributed by atoms with Crippen molar-refractivity contribution in [2.45, 2.75) is 26.4 Å². The van der Waals surface area contributed by atoms with Crippen LogP contribution in [-0.4, -0.2) is 39.3 Å². The van der Waals surface area contributed by atoms with Crippen LogP contribution in [0.25, 0.3) is 11.4 Å². The zero-order valence-electron chi connectivity index (χ0n) is 11.6. The number of rotatable bonds is 6. The number of aromatic nitrogens is 2. The van der Waals surface area contributed by atoms with Crippen molar-refractivity contribution in [3.05, 3.63) is 35.2 Å². The minimum Gasteiger partial charge on any atom is -0.395 e. The highest BCUT2D eigenvalue weighted by atomic mass is 35.5. The van der Waals surface area contributed by atoms with E-state index < -0.39 is 0 Å². The van der Waals surface area contributed by atoms with Crippen LogP contribution in [0.4, 0.5) is 0 Å². The molecule has 2 rings (SSSR count). The van der Waals surface area contributed by atoms with Crippen LogP contribution in [0.2, 0.25) is 5.02 Å². The maximum absolute atomic E-state index is 9.06. The number of halogens is 1. The molecule has 0 unspecified atom stereocenters. The maximum atomic E-state index is 9.06. The molecule has 108 valence electrons. The quantitative estimate of drug-likeness (QED) is 0.887. The Morgan fingerprint density at radius 2 is 2.10 bits per heavy atom. The lowest BCUT2D eigenvalue weighted by Gasteiger charge is -2.23. The molecular formula is C14H18ClN3O2. The maximum Gasteiger partial charge on any atom is 0.241 e. The number of aliphatic hydroxyl groups is 1. The van der Waals surface area contributed by atoms with Crippen LogP contribution in [0.15, 0.2) is 28.8 Å². The molecule has 0 atom stereocenters. The van der Waals surface area contributed by atoms with Gasteiger partial charge in [-0.1, -0.05) is 28.9 Å². The first-order valence-corrected chi connectivity index (χ1v) is 6.92. The third-order valence-corrected chi connectivity index (χ3v) is 3.37. The van der Waals surface area contributed by atoms with E-state index in [1.54, 1.807) is 6.07 Å². The summed E-state index contributed by atoms with van der Waals surface area (Å²) < 4.78 is 5.26. The first-order chi connectivity index (χ1) is 9.61. The Morgan fingerprint density at radius 3 is 2.75 bits per heavy atom. The molecule has 0 spiro atoms. The molecule has 1 aromatic carbocycles. The second-order valence-electron chi connectivity index (χ2n) is 4.78. The summed E-state index contributed by atoms with van der Waals surface area (Å²) in [6.45, 7) is 5.29. The van der Waals surface area contributed by atoms with E-state index >= 15 is 0 Å². The first kappa shape index (κ1) is 15.0. The summed E-state index contributed by atoms with van der Waals surface area (Å²) in [5.41, 5.74) is 0.752. The summed E-state index contributed by atoms with van der Waals surface area (Å²) in [5, 5.41) is 13.6. The van der Waals surface area contributed by atoms with Crippen LogP contribution in [0.1, 0.15) is 19.7 Å². The summed E-state index contributed by atoms with van der Waals surface area (Å²) >= 11 is 6.11. The summed E-state index contributed by atoms with van der Waals surface area (Å²) in [5.74, 6) is 1.00. The molecule has 6 heteroatoms. The largest absolute Gasteiger partial charge is 0.395 e. The number of aliphatic hydroxyl groups excluding tert-OH is 1. The Hall–Kier alpha value is -1.43. The molecule has 1 N–H and O–H groups in total. The predicted octanol–water partition coefficient (Wildman–Crippen LogP) is 2.59. The van der Waals surface area contributed by atoms with Gasteiger partial charge in [-0.05, 0) is 26.0 Å². The highest BCUT2D eigenvalue weighted by Crippen LogP contribution is 2.25. The molecule has 1 heterocycles. The van der Waals surface area contributed by atoms with E-state index in [0.29, 0.717) is 29.8 Å². The van der Waals surface area contributed by atoms with E-state index in [0.717, 1.165) is 5.56 Å². The lowest BCUT2D eigenvalue weighted by atomic mass is 10.2. The van der Waals surface area contributed by atoms with Crippen molar-refractivity contribution in [1.82, 2.24) is 15.0 Å². The molecule has 1 aromatic heterocycles. The third-order valence-electron chi connectivity index (χ3n) is 3.04. The Kier molecular flexibility index (Phi) is 5.11. The van der Waals surface area contributed by atoms with Gasteiger partial charge in [-0.15, -0.1) is 0 Å². The molecule has 2 aromatic rings. The topological polar surface area (TPSA) is 62.4 Å². The standard InChI is InChI=1S/C14H18ClN3O2/c1-10(2)18(7-8-19)9-13-16-14(17-20-13)11-5-3-4-6-12(11)15/h3-6,10,19H,7-9H2,1-2H3. The first-order valence-electron chi connectivity index (χ1n) is 6.54. The van der Waals surface area contributed by atoms with E-state index in [4.69, 9.17) is 21.2 Å². The average Bonchev–Trinajstić information content (AvgIpc) is 2.87. The second kappa shape index (κ2) is 6.83. The summed E-state index contributed by atoms with van der Waals surface area (Å²) in [7, 11) is 0. The molecular weight excluding hydrogens is 278 g/mol. The molecule has 0 aliphatic heterocycles. The van der Waals surface area contributed by atoms with Crippen LogP contribution in [-0.2, 0) is 6.54 Å². The van der Waals surface area contributed by atoms with E-state index in [2.05, 4.69) is 28.9 Å². The van der Waals surface area contributed by atoms with Crippen LogP contribution in [0, 0.1) is 0 Å². The summed E-state index contributed by atoms with van der Waals surface area (Å²) in [6, 6.07) is 7.67. The van der Waals surface area contributed by atoms with Gasteiger partial charge in [0.25, 0.3) is 0 Å². The zero-order valence-corrected chi connectivity index (χ0v) is 12.3. The minimum atomic E-state index is 0.101. The molecule has 0 bridgehead atoms. The molecule has 0 fully saturated rings. The van der Waals surface area contributed by atoms with Crippen molar-refractivity contribution in [1.29, 1.82) is 0 Å². The van der Waals surface area contributed by atoms with Crippen LogP contribution in [0.5, 0.6) is 0 Å². The van der Waals surface area contributed by atoms with Gasteiger partial charge in [0, 0.05) is 18.2 Å². The number of hydrogen-bond donors (Lipinski definition) is 1. The smallest absolute Gasteiger partial charge is 0.241 e. The molecule has 20 heavy (non-hydrogen) atoms. The van der Waals surface area contributed by atoms with Crippen molar-refractivity contribution < 1.29 is 9.63 Å². The lowest BCUT2D eigenvalue weighted by molar-refractivity contribution is 0.144. The summed E-state index contributed by atoms with van der Waals surface area (Å²) in [6.07, 6.45) is 0. The Bertz CT molecular complexity index is 557. The van der Waals surface area contributed by atoms with E-state index in [1.807, 2.05) is 18.2 Å². The monoisotopic (exact) mass is 295 g/mol. The molecule has 0 amide bonds. The lowest BCUT2D eigenvalue weighted by Crippen LogP contribution is -2.33. The van der Waals surface area contributed by atoms with E-state index in [9.17, 15) is 0 Å². The van der Waals surface area contributed by atoms with Crippen molar-refractivity contribution in [3.8, 4) is 11.4 Å². The SMILES string of the molecule is CC(C)N(CCO)Cc1nc(-c2ccccc2Cl)no1. The third kappa shape index (κ3) is 3.56. The van der Waals surface area contributed by atoms with Gasteiger partial charge in [0.1, 0.15) is 0 Å².